The van der Waals surface area contributed by atoms with Crippen LogP contribution in [0.2, 0.25) is 0 Å². The Morgan fingerprint density at radius 1 is 0.597 bits per heavy atom. The molecule has 0 amide bonds. The average Bonchev–Trinajstić information content (AvgIpc) is 3.69. The largest absolute Gasteiger partial charge is 0.507 e. The molecule has 0 aliphatic rings. The monoisotopic (exact) mass is 811 g/mol. The lowest BCUT2D eigenvalue weighted by Crippen LogP contribution is -2.11. The van der Waals surface area contributed by atoms with Crippen molar-refractivity contribution in [1.82, 2.24) is 14.5 Å². The van der Waals surface area contributed by atoms with E-state index in [0.717, 1.165) is 89.2 Å². The molecule has 0 aliphatic carbocycles. The second kappa shape index (κ2) is 16.1. The van der Waals surface area contributed by atoms with E-state index in [-0.39, 0.29) is 16.7 Å². The topological polar surface area (TPSA) is 50.9 Å². The van der Waals surface area contributed by atoms with Gasteiger partial charge in [-0.25, -0.2) is 4.98 Å². The van der Waals surface area contributed by atoms with Gasteiger partial charge in [0.25, 0.3) is 0 Å². The fourth-order valence-electron chi connectivity index (χ4n) is 8.49. The molecule has 0 spiro atoms. The van der Waals surface area contributed by atoms with Crippen molar-refractivity contribution < 1.29 is 10.6 Å². The summed E-state index contributed by atoms with van der Waals surface area (Å²) < 4.78 is 36.9. The summed E-state index contributed by atoms with van der Waals surface area (Å²) in [6.07, 6.45) is 1.85. The molecule has 4 nitrogen and oxygen atoms in total. The minimum Gasteiger partial charge on any atom is -0.507 e. The maximum absolute atomic E-state index is 11.9. The lowest BCUT2D eigenvalue weighted by molar-refractivity contribution is 0.472. The van der Waals surface area contributed by atoms with E-state index in [0.29, 0.717) is 17.0 Å². The highest BCUT2D eigenvalue weighted by Crippen LogP contribution is 2.44. The van der Waals surface area contributed by atoms with Crippen LogP contribution in [0.5, 0.6) is 5.75 Å². The standard InChI is InChI=1S/C58H53N3O/c1-36(2)40-22-24-41(25-23-40)44-26-27-59-52(34-44)46-31-45(32-47(33-46)58(6,7)8)48-20-15-21-53-55(48)60-57(51-29-37(3)28-39(5)56(51)62)61(53)54-35-49(42-16-11-9-12-17-42)38(4)30-50(54)43-18-13-10-14-19-43/h9-36,62H,1-8H3/i4D3,36D. The molecular formula is C58H53N3O. The van der Waals surface area contributed by atoms with E-state index in [1.54, 1.807) is 0 Å². The van der Waals surface area contributed by atoms with E-state index in [2.05, 4.69) is 73.9 Å². The molecule has 9 aromatic rings. The van der Waals surface area contributed by atoms with Gasteiger partial charge in [0.2, 0.25) is 0 Å². The van der Waals surface area contributed by atoms with Crippen LogP contribution in [0.4, 0.5) is 0 Å². The maximum Gasteiger partial charge on any atom is 0.149 e. The molecule has 306 valence electrons. The summed E-state index contributed by atoms with van der Waals surface area (Å²) in [7, 11) is 0. The van der Waals surface area contributed by atoms with Gasteiger partial charge in [0, 0.05) is 28.4 Å². The smallest absolute Gasteiger partial charge is 0.149 e. The van der Waals surface area contributed by atoms with Crippen molar-refractivity contribution in [2.45, 2.75) is 66.6 Å². The Balaban J connectivity index is 1.33. The van der Waals surface area contributed by atoms with Crippen molar-refractivity contribution in [3.05, 3.63) is 192 Å². The van der Waals surface area contributed by atoms with Crippen LogP contribution in [0.15, 0.2) is 164 Å². The number of benzene rings is 7. The quantitative estimate of drug-likeness (QED) is 0.166. The Labute approximate surface area is 371 Å². The number of hydrogen-bond acceptors (Lipinski definition) is 3. The third-order valence-electron chi connectivity index (χ3n) is 11.9. The van der Waals surface area contributed by atoms with Crippen LogP contribution >= 0.6 is 0 Å². The van der Waals surface area contributed by atoms with Crippen molar-refractivity contribution >= 4 is 11.0 Å². The Kier molecular flexibility index (Phi) is 9.27. The third-order valence-corrected chi connectivity index (χ3v) is 11.9. The van der Waals surface area contributed by atoms with Crippen LogP contribution in [-0.4, -0.2) is 19.6 Å². The predicted octanol–water partition coefficient (Wildman–Crippen LogP) is 15.5. The first-order chi connectivity index (χ1) is 31.3. The molecule has 4 heteroatoms. The van der Waals surface area contributed by atoms with E-state index in [1.165, 1.54) is 0 Å². The molecule has 2 aromatic heterocycles. The normalized spacial score (nSPS) is 13.1. The number of aromatic nitrogens is 3. The molecule has 0 radical (unpaired) electrons. The minimum atomic E-state index is -2.42. The lowest BCUT2D eigenvalue weighted by atomic mass is 9.83. The van der Waals surface area contributed by atoms with Crippen molar-refractivity contribution in [2.24, 2.45) is 0 Å². The fourth-order valence-corrected chi connectivity index (χ4v) is 8.49. The summed E-state index contributed by atoms with van der Waals surface area (Å²) in [5.41, 5.74) is 15.3. The number of phenolic OH excluding ortho intramolecular Hbond substituents is 1. The van der Waals surface area contributed by atoms with Gasteiger partial charge in [-0.3, -0.25) is 9.55 Å². The number of para-hydroxylation sites is 1. The van der Waals surface area contributed by atoms with Crippen LogP contribution < -0.4 is 0 Å². The first-order valence-corrected chi connectivity index (χ1v) is 21.2. The molecule has 0 bridgehead atoms. The van der Waals surface area contributed by atoms with E-state index in [1.807, 2.05) is 143 Å². The van der Waals surface area contributed by atoms with Gasteiger partial charge < -0.3 is 5.11 Å². The Hall–Kier alpha value is -7.04. The highest BCUT2D eigenvalue weighted by atomic mass is 16.3. The summed E-state index contributed by atoms with van der Waals surface area (Å²) in [4.78, 5) is 10.4. The van der Waals surface area contributed by atoms with Crippen molar-refractivity contribution in [2.75, 3.05) is 0 Å². The second-order valence-electron chi connectivity index (χ2n) is 17.6. The number of fused-ring (bicyclic) bond motifs is 1. The summed E-state index contributed by atoms with van der Waals surface area (Å²) in [5.74, 6) is -0.0335. The highest BCUT2D eigenvalue weighted by molar-refractivity contribution is 5.98. The first kappa shape index (κ1) is 35.7. The second-order valence-corrected chi connectivity index (χ2v) is 17.6. The van der Waals surface area contributed by atoms with Crippen LogP contribution in [0.3, 0.4) is 0 Å². The van der Waals surface area contributed by atoms with E-state index in [4.69, 9.17) is 15.5 Å². The number of aromatic hydroxyl groups is 1. The molecule has 0 unspecified atom stereocenters. The zero-order chi connectivity index (χ0) is 46.7. The molecule has 2 heterocycles. The van der Waals surface area contributed by atoms with Crippen LogP contribution in [0.1, 0.15) is 73.8 Å². The SMILES string of the molecule is [2H]C([2H])([2H])c1cc(-c2ccccc2)c(-n2c(-c3cc(C)cc(C)c3O)nc3c(-c4cc(-c5cc(-c6ccc(C([2H])(C)C)cc6)ccn5)cc(C(C)(C)C)c4)cccc32)cc1-c1ccccc1. The van der Waals surface area contributed by atoms with E-state index < -0.39 is 12.7 Å². The van der Waals surface area contributed by atoms with E-state index in [9.17, 15) is 5.11 Å². The van der Waals surface area contributed by atoms with Crippen molar-refractivity contribution in [1.29, 1.82) is 0 Å². The van der Waals surface area contributed by atoms with Crippen molar-refractivity contribution in [3.63, 3.8) is 0 Å². The average molecular weight is 812 g/mol. The number of rotatable bonds is 8. The minimum absolute atomic E-state index is 0.128. The summed E-state index contributed by atoms with van der Waals surface area (Å²) in [6.45, 7) is 11.9. The number of hydrogen-bond donors (Lipinski definition) is 1. The van der Waals surface area contributed by atoms with Crippen LogP contribution in [-0.2, 0) is 5.41 Å². The molecule has 0 saturated carbocycles. The molecule has 9 rings (SSSR count). The first-order valence-electron chi connectivity index (χ1n) is 23.2. The molecule has 7 aromatic carbocycles. The lowest BCUT2D eigenvalue weighted by Gasteiger charge is -2.22. The number of imidazole rings is 1. The number of phenols is 1. The van der Waals surface area contributed by atoms with Gasteiger partial charge in [0.1, 0.15) is 11.6 Å². The molecule has 0 saturated heterocycles. The molecule has 0 aliphatic heterocycles. The van der Waals surface area contributed by atoms with Gasteiger partial charge in [-0.05, 0) is 142 Å². The third kappa shape index (κ3) is 7.62. The van der Waals surface area contributed by atoms with Crippen LogP contribution in [0.25, 0.3) is 83.9 Å². The molecule has 1 N–H and O–H groups in total. The summed E-state index contributed by atoms with van der Waals surface area (Å²) in [5, 5.41) is 11.9. The van der Waals surface area contributed by atoms with Crippen molar-refractivity contribution in [3.8, 4) is 78.6 Å². The zero-order valence-electron chi connectivity index (χ0n) is 40.4. The zero-order valence-corrected chi connectivity index (χ0v) is 36.4. The van der Waals surface area contributed by atoms with Gasteiger partial charge in [-0.15, -0.1) is 0 Å². The van der Waals surface area contributed by atoms with Gasteiger partial charge >= 0.3 is 0 Å². The van der Waals surface area contributed by atoms with Gasteiger partial charge in [0.05, 0.1) is 28.0 Å². The van der Waals surface area contributed by atoms with E-state index >= 15 is 0 Å². The Morgan fingerprint density at radius 2 is 1.29 bits per heavy atom. The molecule has 0 atom stereocenters. The summed E-state index contributed by atoms with van der Waals surface area (Å²) in [6, 6.07) is 52.4. The Bertz CT molecular complexity index is 3270. The predicted molar refractivity (Wildman–Crippen MR) is 260 cm³/mol. The van der Waals surface area contributed by atoms with Crippen LogP contribution in [0, 0.1) is 20.7 Å². The number of aryl methyl sites for hydroxylation is 3. The Morgan fingerprint density at radius 3 is 1.97 bits per heavy atom. The van der Waals surface area contributed by atoms with Gasteiger partial charge in [0.15, 0.2) is 0 Å². The highest BCUT2D eigenvalue weighted by Gasteiger charge is 2.25. The van der Waals surface area contributed by atoms with Gasteiger partial charge in [-0.2, -0.15) is 0 Å². The maximum atomic E-state index is 11.9. The molecule has 62 heavy (non-hydrogen) atoms. The number of nitrogens with zero attached hydrogens (tertiary/aromatic N) is 3. The van der Waals surface area contributed by atoms with Gasteiger partial charge in [-0.1, -0.05) is 144 Å². The summed E-state index contributed by atoms with van der Waals surface area (Å²) >= 11 is 0. The fraction of sp³-hybridized carbons (Fsp3) is 0.172. The number of pyridine rings is 1. The molecular weight excluding hydrogens is 755 g/mol. The molecule has 0 fully saturated rings.